The van der Waals surface area contributed by atoms with Gasteiger partial charge in [-0.1, -0.05) is 12.1 Å². The highest BCUT2D eigenvalue weighted by molar-refractivity contribution is 5.97. The largest absolute Gasteiger partial charge is 0.294 e. The quantitative estimate of drug-likeness (QED) is 0.477. The van der Waals surface area contributed by atoms with Crippen molar-refractivity contribution in [3.8, 4) is 0 Å². The van der Waals surface area contributed by atoms with Gasteiger partial charge < -0.3 is 0 Å². The summed E-state index contributed by atoms with van der Waals surface area (Å²) in [6.45, 7) is 0. The lowest BCUT2D eigenvalue weighted by molar-refractivity contribution is -0.385. The molecule has 0 saturated carbocycles. The molecule has 0 N–H and O–H groups in total. The maximum Gasteiger partial charge on any atom is 0.269 e. The molecule has 2 aromatic carbocycles. The molecule has 7 nitrogen and oxygen atoms in total. The number of nitrogens with zero attached hydrogens (tertiary/aromatic N) is 2. The number of Topliss-reactive ketones (excluding diaryl/α,β-unsaturated/α-hetero) is 1. The molecule has 0 aliphatic heterocycles. The zero-order valence-corrected chi connectivity index (χ0v) is 10.8. The Balaban J connectivity index is 2.10. The molecule has 0 fully saturated rings. The molecule has 0 heterocycles. The molecule has 2 aromatic rings. The van der Waals surface area contributed by atoms with E-state index in [2.05, 4.69) is 0 Å². The van der Waals surface area contributed by atoms with Crippen LogP contribution in [-0.4, -0.2) is 15.6 Å². The molecule has 0 unspecified atom stereocenters. The summed E-state index contributed by atoms with van der Waals surface area (Å²) in [5, 5.41) is 21.1. The number of nitro groups is 2. The van der Waals surface area contributed by atoms with Gasteiger partial charge in [0.2, 0.25) is 0 Å². The second kappa shape index (κ2) is 5.91. The summed E-state index contributed by atoms with van der Waals surface area (Å²) in [6.07, 6.45) is 0.0792. The second-order valence-corrected chi connectivity index (χ2v) is 4.33. The average molecular weight is 286 g/mol. The number of rotatable bonds is 5. The van der Waals surface area contributed by atoms with Crippen LogP contribution in [0.25, 0.3) is 0 Å². The molecule has 0 amide bonds. The van der Waals surface area contributed by atoms with Gasteiger partial charge in [-0.2, -0.15) is 0 Å². The van der Waals surface area contributed by atoms with Crippen LogP contribution in [0.4, 0.5) is 11.4 Å². The van der Waals surface area contributed by atoms with Crippen LogP contribution in [0.2, 0.25) is 0 Å². The van der Waals surface area contributed by atoms with Gasteiger partial charge >= 0.3 is 0 Å². The number of non-ortho nitro benzene ring substituents is 2. The normalized spacial score (nSPS) is 10.1. The van der Waals surface area contributed by atoms with Crippen LogP contribution in [-0.2, 0) is 6.42 Å². The maximum atomic E-state index is 12.0. The van der Waals surface area contributed by atoms with E-state index in [0.717, 1.165) is 0 Å². The van der Waals surface area contributed by atoms with Crippen molar-refractivity contribution in [1.29, 1.82) is 0 Å². The molecular weight excluding hydrogens is 276 g/mol. The molecule has 0 spiro atoms. The number of hydrogen-bond donors (Lipinski definition) is 0. The van der Waals surface area contributed by atoms with Crippen LogP contribution in [0, 0.1) is 20.2 Å². The first-order chi connectivity index (χ1) is 9.97. The summed E-state index contributed by atoms with van der Waals surface area (Å²) >= 11 is 0. The molecule has 0 aliphatic carbocycles. The highest BCUT2D eigenvalue weighted by atomic mass is 16.6. The van der Waals surface area contributed by atoms with Crippen LogP contribution in [0.3, 0.4) is 0 Å². The van der Waals surface area contributed by atoms with Crippen LogP contribution in [0.15, 0.2) is 48.5 Å². The summed E-state index contributed by atoms with van der Waals surface area (Å²) in [5.74, 6) is -0.209. The van der Waals surface area contributed by atoms with Crippen molar-refractivity contribution in [3.63, 3.8) is 0 Å². The summed E-state index contributed by atoms with van der Waals surface area (Å²) in [6, 6.07) is 11.0. The van der Waals surface area contributed by atoms with Crippen LogP contribution in [0.5, 0.6) is 0 Å². The number of carbonyl (C=O) groups excluding carboxylic acids is 1. The Hall–Kier alpha value is -3.09. The molecule has 21 heavy (non-hydrogen) atoms. The van der Waals surface area contributed by atoms with Crippen molar-refractivity contribution < 1.29 is 14.6 Å². The van der Waals surface area contributed by atoms with Gasteiger partial charge in [0, 0.05) is 36.2 Å². The lowest BCUT2D eigenvalue weighted by Gasteiger charge is -2.01. The smallest absolute Gasteiger partial charge is 0.269 e. The van der Waals surface area contributed by atoms with E-state index in [9.17, 15) is 25.0 Å². The summed E-state index contributed by atoms with van der Waals surface area (Å²) in [4.78, 5) is 32.0. The van der Waals surface area contributed by atoms with Gasteiger partial charge in [-0.15, -0.1) is 0 Å². The van der Waals surface area contributed by atoms with Gasteiger partial charge in [-0.25, -0.2) is 0 Å². The SMILES string of the molecule is O=C(Cc1ccc([N+](=O)[O-])cc1)c1ccc([N+](=O)[O-])cc1. The molecule has 0 bridgehead atoms. The third kappa shape index (κ3) is 3.47. The first-order valence-electron chi connectivity index (χ1n) is 5.98. The van der Waals surface area contributed by atoms with Crippen molar-refractivity contribution in [3.05, 3.63) is 79.9 Å². The van der Waals surface area contributed by atoms with Crippen molar-refractivity contribution in [2.24, 2.45) is 0 Å². The Bertz CT molecular complexity index is 692. The van der Waals surface area contributed by atoms with Crippen molar-refractivity contribution in [2.45, 2.75) is 6.42 Å². The number of hydrogen-bond acceptors (Lipinski definition) is 5. The van der Waals surface area contributed by atoms with Gasteiger partial charge in [-0.3, -0.25) is 25.0 Å². The van der Waals surface area contributed by atoms with E-state index in [4.69, 9.17) is 0 Å². The van der Waals surface area contributed by atoms with Gasteiger partial charge in [0.05, 0.1) is 9.85 Å². The van der Waals surface area contributed by atoms with Gasteiger partial charge in [0.1, 0.15) is 0 Å². The van der Waals surface area contributed by atoms with E-state index in [1.165, 1.54) is 48.5 Å². The van der Waals surface area contributed by atoms with Crippen LogP contribution in [0.1, 0.15) is 15.9 Å². The van der Waals surface area contributed by atoms with Gasteiger partial charge in [0.15, 0.2) is 5.78 Å². The van der Waals surface area contributed by atoms with Crippen molar-refractivity contribution in [2.75, 3.05) is 0 Å². The first-order valence-corrected chi connectivity index (χ1v) is 5.98. The molecule has 0 aliphatic rings. The number of ketones is 1. The Morgan fingerprint density at radius 3 is 1.67 bits per heavy atom. The zero-order valence-electron chi connectivity index (χ0n) is 10.8. The standard InChI is InChI=1S/C14H10N2O5/c17-14(11-3-7-13(8-4-11)16(20)21)9-10-1-5-12(6-2-10)15(18)19/h1-8H,9H2. The zero-order chi connectivity index (χ0) is 15.4. The predicted molar refractivity (Wildman–Crippen MR) is 74.2 cm³/mol. The Labute approximate surface area is 119 Å². The Morgan fingerprint density at radius 2 is 1.24 bits per heavy atom. The third-order valence-corrected chi connectivity index (χ3v) is 2.91. The topological polar surface area (TPSA) is 103 Å². The monoisotopic (exact) mass is 286 g/mol. The summed E-state index contributed by atoms with van der Waals surface area (Å²) < 4.78 is 0. The molecule has 2 rings (SSSR count). The molecule has 0 saturated heterocycles. The minimum atomic E-state index is -0.537. The Kier molecular flexibility index (Phi) is 4.03. The number of benzene rings is 2. The fourth-order valence-corrected chi connectivity index (χ4v) is 1.79. The minimum Gasteiger partial charge on any atom is -0.294 e. The molecule has 0 atom stereocenters. The van der Waals surface area contributed by atoms with Crippen molar-refractivity contribution in [1.82, 2.24) is 0 Å². The fraction of sp³-hybridized carbons (Fsp3) is 0.0714. The highest BCUT2D eigenvalue weighted by Crippen LogP contribution is 2.16. The van der Waals surface area contributed by atoms with Gasteiger partial charge in [-0.05, 0) is 17.7 Å². The van der Waals surface area contributed by atoms with E-state index in [0.29, 0.717) is 11.1 Å². The fourth-order valence-electron chi connectivity index (χ4n) is 1.79. The van der Waals surface area contributed by atoms with Gasteiger partial charge in [0.25, 0.3) is 11.4 Å². The second-order valence-electron chi connectivity index (χ2n) is 4.33. The lowest BCUT2D eigenvalue weighted by Crippen LogP contribution is -2.03. The summed E-state index contributed by atoms with van der Waals surface area (Å²) in [5.41, 5.74) is 0.881. The third-order valence-electron chi connectivity index (χ3n) is 2.91. The predicted octanol–water partition coefficient (Wildman–Crippen LogP) is 2.93. The molecule has 0 radical (unpaired) electrons. The Morgan fingerprint density at radius 1 is 0.810 bits per heavy atom. The maximum absolute atomic E-state index is 12.0. The lowest BCUT2D eigenvalue weighted by atomic mass is 10.0. The van der Waals surface area contributed by atoms with E-state index >= 15 is 0 Å². The average Bonchev–Trinajstić information content (AvgIpc) is 2.47. The highest BCUT2D eigenvalue weighted by Gasteiger charge is 2.11. The molecule has 7 heteroatoms. The van der Waals surface area contributed by atoms with E-state index in [1.807, 2.05) is 0 Å². The van der Waals surface area contributed by atoms with Crippen LogP contribution >= 0.6 is 0 Å². The van der Waals surface area contributed by atoms with E-state index < -0.39 is 9.85 Å². The van der Waals surface area contributed by atoms with Crippen LogP contribution < -0.4 is 0 Å². The number of nitro benzene ring substituents is 2. The first kappa shape index (κ1) is 14.3. The summed E-state index contributed by atoms with van der Waals surface area (Å²) in [7, 11) is 0. The molecular formula is C14H10N2O5. The van der Waals surface area contributed by atoms with E-state index in [-0.39, 0.29) is 23.6 Å². The van der Waals surface area contributed by atoms with Crippen molar-refractivity contribution >= 4 is 17.2 Å². The molecule has 106 valence electrons. The number of carbonyl (C=O) groups is 1. The molecule has 0 aromatic heterocycles. The van der Waals surface area contributed by atoms with E-state index in [1.54, 1.807) is 0 Å². The minimum absolute atomic E-state index is 0.0402.